The third-order valence-electron chi connectivity index (χ3n) is 6.10. The van der Waals surface area contributed by atoms with Gasteiger partial charge in [-0.1, -0.05) is 60.1 Å². The number of rotatable bonds is 10. The zero-order chi connectivity index (χ0) is 24.1. The Labute approximate surface area is 204 Å². The number of carbonyl (C=O) groups is 1. The maximum absolute atomic E-state index is 12.0. The summed E-state index contributed by atoms with van der Waals surface area (Å²) in [5.74, 6) is -1.47. The predicted molar refractivity (Wildman–Crippen MR) is 136 cm³/mol. The molecule has 6 heteroatoms. The van der Waals surface area contributed by atoms with Crippen molar-refractivity contribution in [3.8, 4) is 0 Å². The fourth-order valence-corrected chi connectivity index (χ4v) is 4.47. The van der Waals surface area contributed by atoms with Crippen LogP contribution in [0.15, 0.2) is 78.9 Å². The number of hydrogen-bond acceptors (Lipinski definition) is 3. The molecule has 0 amide bonds. The van der Waals surface area contributed by atoms with Crippen molar-refractivity contribution in [3.05, 3.63) is 106 Å². The summed E-state index contributed by atoms with van der Waals surface area (Å²) in [7, 11) is 0. The summed E-state index contributed by atoms with van der Waals surface area (Å²) in [6.45, 7) is 2.51. The van der Waals surface area contributed by atoms with E-state index in [1.54, 1.807) is 12.1 Å². The van der Waals surface area contributed by atoms with Crippen LogP contribution in [0.25, 0.3) is 10.9 Å². The quantitative estimate of drug-likeness (QED) is 0.244. The number of nitrogens with one attached hydrogen (secondary N) is 2. The first-order valence-corrected chi connectivity index (χ1v) is 11.8. The van der Waals surface area contributed by atoms with Gasteiger partial charge in [-0.2, -0.15) is 0 Å². The molecule has 1 heterocycles. The third-order valence-corrected chi connectivity index (χ3v) is 6.33. The van der Waals surface area contributed by atoms with Crippen molar-refractivity contribution in [1.82, 2.24) is 10.3 Å². The van der Waals surface area contributed by atoms with E-state index in [1.807, 2.05) is 54.6 Å². The lowest BCUT2D eigenvalue weighted by molar-refractivity contribution is -0.138. The average molecular weight is 477 g/mol. The van der Waals surface area contributed by atoms with Crippen molar-refractivity contribution in [1.29, 1.82) is 0 Å². The standard InChI is InChI=1S/C28H29ClN2O3/c1-18(30-17-27(32)21-8-5-9-23(29)15-21)12-20-10-11-25-22(13-20)16-26(31-25)24(28(33)34)14-19-6-3-2-4-7-19/h2-11,13,15-16,18,24,27,30-32H,12,14,17H2,1H3,(H,33,34). The average Bonchev–Trinajstić information content (AvgIpc) is 3.24. The number of aromatic nitrogens is 1. The molecule has 0 aliphatic carbocycles. The topological polar surface area (TPSA) is 85.4 Å². The van der Waals surface area contributed by atoms with E-state index in [0.717, 1.165) is 34.0 Å². The normalized spacial score (nSPS) is 14.1. The van der Waals surface area contributed by atoms with E-state index in [-0.39, 0.29) is 6.04 Å². The van der Waals surface area contributed by atoms with E-state index in [4.69, 9.17) is 11.6 Å². The first kappa shape index (κ1) is 24.0. The van der Waals surface area contributed by atoms with Crippen LogP contribution in [0.5, 0.6) is 0 Å². The molecular formula is C28H29ClN2O3. The molecule has 34 heavy (non-hydrogen) atoms. The lowest BCUT2D eigenvalue weighted by Crippen LogP contribution is -2.32. The summed E-state index contributed by atoms with van der Waals surface area (Å²) in [6.07, 6.45) is 0.588. The van der Waals surface area contributed by atoms with Gasteiger partial charge >= 0.3 is 5.97 Å². The number of aliphatic hydroxyl groups excluding tert-OH is 1. The largest absolute Gasteiger partial charge is 0.481 e. The zero-order valence-electron chi connectivity index (χ0n) is 19.0. The Hall–Kier alpha value is -3.12. The number of fused-ring (bicyclic) bond motifs is 1. The first-order chi connectivity index (χ1) is 16.4. The fourth-order valence-electron chi connectivity index (χ4n) is 4.27. The molecule has 5 nitrogen and oxygen atoms in total. The number of halogens is 1. The molecule has 4 rings (SSSR count). The molecule has 0 radical (unpaired) electrons. The lowest BCUT2D eigenvalue weighted by atomic mass is 9.96. The molecule has 3 atom stereocenters. The Morgan fingerprint density at radius 2 is 1.76 bits per heavy atom. The van der Waals surface area contributed by atoms with Crippen LogP contribution in [0.2, 0.25) is 5.02 Å². The Bertz CT molecular complexity index is 1250. The molecule has 0 spiro atoms. The minimum absolute atomic E-state index is 0.148. The van der Waals surface area contributed by atoms with Gasteiger partial charge in [-0.25, -0.2) is 0 Å². The second-order valence-corrected chi connectivity index (χ2v) is 9.25. The van der Waals surface area contributed by atoms with E-state index < -0.39 is 18.0 Å². The SMILES string of the molecule is CC(Cc1ccc2[nH]c(C(Cc3ccccc3)C(=O)O)cc2c1)NCC(O)c1cccc(Cl)c1. The van der Waals surface area contributed by atoms with E-state index in [1.165, 1.54) is 0 Å². The van der Waals surface area contributed by atoms with Gasteiger partial charge < -0.3 is 20.5 Å². The molecule has 3 unspecified atom stereocenters. The molecule has 4 N–H and O–H groups in total. The highest BCUT2D eigenvalue weighted by molar-refractivity contribution is 6.30. The second-order valence-electron chi connectivity index (χ2n) is 8.81. The van der Waals surface area contributed by atoms with Gasteiger partial charge in [0, 0.05) is 28.8 Å². The van der Waals surface area contributed by atoms with Gasteiger partial charge in [0.2, 0.25) is 0 Å². The van der Waals surface area contributed by atoms with Gasteiger partial charge in [-0.3, -0.25) is 4.79 Å². The summed E-state index contributed by atoms with van der Waals surface area (Å²) < 4.78 is 0. The highest BCUT2D eigenvalue weighted by Crippen LogP contribution is 2.26. The van der Waals surface area contributed by atoms with Gasteiger partial charge in [-0.05, 0) is 72.2 Å². The summed E-state index contributed by atoms with van der Waals surface area (Å²) in [5.41, 5.74) is 4.56. The molecule has 0 fully saturated rings. The Balaban J connectivity index is 1.41. The summed E-state index contributed by atoms with van der Waals surface area (Å²) >= 11 is 6.02. The van der Waals surface area contributed by atoms with Gasteiger partial charge in [-0.15, -0.1) is 0 Å². The third kappa shape index (κ3) is 6.06. The molecule has 1 aromatic heterocycles. The van der Waals surface area contributed by atoms with Gasteiger partial charge in [0.15, 0.2) is 0 Å². The summed E-state index contributed by atoms with van der Waals surface area (Å²) in [5, 5.41) is 25.3. The molecule has 0 bridgehead atoms. The zero-order valence-corrected chi connectivity index (χ0v) is 19.8. The molecule has 0 saturated carbocycles. The van der Waals surface area contributed by atoms with Crippen LogP contribution in [-0.4, -0.2) is 33.8 Å². The first-order valence-electron chi connectivity index (χ1n) is 11.4. The highest BCUT2D eigenvalue weighted by atomic mass is 35.5. The van der Waals surface area contributed by atoms with E-state index in [9.17, 15) is 15.0 Å². The van der Waals surface area contributed by atoms with Crippen molar-refractivity contribution < 1.29 is 15.0 Å². The van der Waals surface area contributed by atoms with E-state index in [2.05, 4.69) is 29.4 Å². The minimum atomic E-state index is -0.841. The second kappa shape index (κ2) is 10.9. The van der Waals surface area contributed by atoms with Crippen molar-refractivity contribution in [2.24, 2.45) is 0 Å². The van der Waals surface area contributed by atoms with Crippen LogP contribution < -0.4 is 5.32 Å². The smallest absolute Gasteiger partial charge is 0.312 e. The van der Waals surface area contributed by atoms with E-state index in [0.29, 0.717) is 23.7 Å². The van der Waals surface area contributed by atoms with Crippen LogP contribution in [0.4, 0.5) is 0 Å². The minimum Gasteiger partial charge on any atom is -0.481 e. The van der Waals surface area contributed by atoms with Crippen LogP contribution in [0, 0.1) is 0 Å². The molecular weight excluding hydrogens is 448 g/mol. The van der Waals surface area contributed by atoms with Crippen LogP contribution in [0.3, 0.4) is 0 Å². The van der Waals surface area contributed by atoms with Gasteiger partial charge in [0.25, 0.3) is 0 Å². The number of aromatic amines is 1. The molecule has 4 aromatic rings. The van der Waals surface area contributed by atoms with E-state index >= 15 is 0 Å². The van der Waals surface area contributed by atoms with Crippen LogP contribution in [0.1, 0.15) is 41.3 Å². The van der Waals surface area contributed by atoms with Crippen LogP contribution in [-0.2, 0) is 17.6 Å². The molecule has 3 aromatic carbocycles. The van der Waals surface area contributed by atoms with Crippen molar-refractivity contribution in [3.63, 3.8) is 0 Å². The number of H-pyrrole nitrogens is 1. The number of aliphatic hydroxyl groups is 1. The fraction of sp³-hybridized carbons (Fsp3) is 0.250. The summed E-state index contributed by atoms with van der Waals surface area (Å²) in [6, 6.07) is 25.2. The molecule has 0 aliphatic heterocycles. The van der Waals surface area contributed by atoms with Gasteiger partial charge in [0.05, 0.1) is 6.10 Å². The number of carboxylic acids is 1. The van der Waals surface area contributed by atoms with Crippen LogP contribution >= 0.6 is 11.6 Å². The number of aliphatic carboxylic acids is 1. The maximum Gasteiger partial charge on any atom is 0.312 e. The van der Waals surface area contributed by atoms with Crippen molar-refractivity contribution in [2.75, 3.05) is 6.54 Å². The van der Waals surface area contributed by atoms with Crippen molar-refractivity contribution in [2.45, 2.75) is 37.8 Å². The molecule has 176 valence electrons. The molecule has 0 saturated heterocycles. The van der Waals surface area contributed by atoms with Crippen molar-refractivity contribution >= 4 is 28.5 Å². The highest BCUT2D eigenvalue weighted by Gasteiger charge is 2.22. The summed E-state index contributed by atoms with van der Waals surface area (Å²) in [4.78, 5) is 15.3. The Morgan fingerprint density at radius 3 is 2.50 bits per heavy atom. The number of benzene rings is 3. The van der Waals surface area contributed by atoms with Gasteiger partial charge in [0.1, 0.15) is 5.92 Å². The Kier molecular flexibility index (Phi) is 7.68. The lowest BCUT2D eigenvalue weighted by Gasteiger charge is -2.18. The Morgan fingerprint density at radius 1 is 0.971 bits per heavy atom. The predicted octanol–water partition coefficient (Wildman–Crippen LogP) is 5.49. The monoisotopic (exact) mass is 476 g/mol. The molecule has 0 aliphatic rings. The number of hydrogen-bond donors (Lipinski definition) is 4. The maximum atomic E-state index is 12.0. The number of carboxylic acid groups (broad SMARTS) is 1.